The molecule has 1 aromatic carbocycles. The number of benzene rings is 1. The van der Waals surface area contributed by atoms with E-state index in [1.165, 1.54) is 0 Å². The number of tetrazole rings is 1. The van der Waals surface area contributed by atoms with Crippen molar-refractivity contribution in [3.8, 4) is 0 Å². The molecule has 0 radical (unpaired) electrons. The number of hydrogen-bond donors (Lipinski definition) is 1. The zero-order chi connectivity index (χ0) is 15.1. The summed E-state index contributed by atoms with van der Waals surface area (Å²) in [5.41, 5.74) is 1.45. The van der Waals surface area contributed by atoms with Crippen LogP contribution in [0.5, 0.6) is 0 Å². The van der Waals surface area contributed by atoms with E-state index in [1.54, 1.807) is 0 Å². The van der Waals surface area contributed by atoms with Crippen LogP contribution < -0.4 is 5.46 Å². The Morgan fingerprint density at radius 1 is 1.14 bits per heavy atom. The molecule has 1 aromatic heterocycles. The van der Waals surface area contributed by atoms with Crippen LogP contribution in [-0.4, -0.2) is 38.9 Å². The summed E-state index contributed by atoms with van der Waals surface area (Å²) in [5, 5.41) is 14.0. The van der Waals surface area contributed by atoms with E-state index in [9.17, 15) is 0 Å². The van der Waals surface area contributed by atoms with Crippen LogP contribution in [0.4, 0.5) is 0 Å². The minimum Gasteiger partial charge on any atom is -0.399 e. The number of hydrogen-bond acceptors (Lipinski definition) is 5. The van der Waals surface area contributed by atoms with E-state index in [1.807, 2.05) is 18.2 Å². The number of nitrogens with zero attached hydrogens (tertiary/aromatic N) is 3. The molecule has 1 saturated heterocycles. The fourth-order valence-corrected chi connectivity index (χ4v) is 2.27. The fourth-order valence-electron chi connectivity index (χ4n) is 2.27. The predicted octanol–water partition coefficient (Wildman–Crippen LogP) is 1.09. The molecule has 1 N–H and O–H groups in total. The van der Waals surface area contributed by atoms with Crippen molar-refractivity contribution < 1.29 is 9.31 Å². The van der Waals surface area contributed by atoms with Crippen molar-refractivity contribution >= 4 is 12.6 Å². The number of H-pyrrole nitrogens is 1. The van der Waals surface area contributed by atoms with Gasteiger partial charge in [0.25, 0.3) is 0 Å². The minimum absolute atomic E-state index is 0.332. The molecule has 110 valence electrons. The van der Waals surface area contributed by atoms with Gasteiger partial charge >= 0.3 is 7.12 Å². The van der Waals surface area contributed by atoms with Gasteiger partial charge < -0.3 is 9.31 Å². The largest absolute Gasteiger partial charge is 0.494 e. The van der Waals surface area contributed by atoms with Crippen LogP contribution in [0.3, 0.4) is 0 Å². The SMILES string of the molecule is CC1(C)OB(c2cccc(Cc3nn[nH]n3)c2)OC1(C)C. The van der Waals surface area contributed by atoms with Crippen molar-refractivity contribution in [3.05, 3.63) is 35.7 Å². The zero-order valence-electron chi connectivity index (χ0n) is 12.8. The molecule has 3 rings (SSSR count). The van der Waals surface area contributed by atoms with Gasteiger partial charge in [-0.05, 0) is 38.7 Å². The molecule has 1 fully saturated rings. The maximum absolute atomic E-state index is 6.07. The van der Waals surface area contributed by atoms with E-state index in [4.69, 9.17) is 9.31 Å². The van der Waals surface area contributed by atoms with Crippen LogP contribution in [0.1, 0.15) is 39.1 Å². The van der Waals surface area contributed by atoms with E-state index < -0.39 is 0 Å². The van der Waals surface area contributed by atoms with Crippen molar-refractivity contribution in [2.45, 2.75) is 45.3 Å². The summed E-state index contributed by atoms with van der Waals surface area (Å²) in [7, 11) is -0.347. The first-order valence-electron chi connectivity index (χ1n) is 7.04. The normalized spacial score (nSPS) is 19.9. The molecule has 0 saturated carbocycles. The Morgan fingerprint density at radius 2 is 1.86 bits per heavy atom. The van der Waals surface area contributed by atoms with Crippen molar-refractivity contribution in [2.24, 2.45) is 0 Å². The third-order valence-electron chi connectivity index (χ3n) is 4.23. The highest BCUT2D eigenvalue weighted by Gasteiger charge is 2.51. The quantitative estimate of drug-likeness (QED) is 0.855. The van der Waals surface area contributed by atoms with Crippen molar-refractivity contribution in [2.75, 3.05) is 0 Å². The number of rotatable bonds is 3. The highest BCUT2D eigenvalue weighted by Crippen LogP contribution is 2.36. The van der Waals surface area contributed by atoms with Crippen LogP contribution in [-0.2, 0) is 15.7 Å². The zero-order valence-corrected chi connectivity index (χ0v) is 12.8. The summed E-state index contributed by atoms with van der Waals surface area (Å²) in [5.74, 6) is 0.668. The summed E-state index contributed by atoms with van der Waals surface area (Å²) < 4.78 is 12.1. The van der Waals surface area contributed by atoms with Gasteiger partial charge in [0, 0.05) is 6.42 Å². The lowest BCUT2D eigenvalue weighted by Gasteiger charge is -2.32. The van der Waals surface area contributed by atoms with E-state index in [-0.39, 0.29) is 18.3 Å². The van der Waals surface area contributed by atoms with E-state index in [2.05, 4.69) is 54.4 Å². The Bertz CT molecular complexity index is 612. The first-order valence-corrected chi connectivity index (χ1v) is 7.04. The lowest BCUT2D eigenvalue weighted by Crippen LogP contribution is -2.41. The van der Waals surface area contributed by atoms with Crippen LogP contribution in [0.15, 0.2) is 24.3 Å². The molecule has 0 bridgehead atoms. The maximum Gasteiger partial charge on any atom is 0.494 e. The van der Waals surface area contributed by atoms with Gasteiger partial charge in [-0.1, -0.05) is 29.5 Å². The van der Waals surface area contributed by atoms with E-state index in [0.29, 0.717) is 12.2 Å². The van der Waals surface area contributed by atoms with Gasteiger partial charge in [0.15, 0.2) is 5.82 Å². The Hall–Kier alpha value is -1.73. The van der Waals surface area contributed by atoms with Gasteiger partial charge in [0.2, 0.25) is 0 Å². The number of nitrogens with one attached hydrogen (secondary N) is 1. The second kappa shape index (κ2) is 4.93. The standard InChI is InChI=1S/C14H19BN4O2/c1-13(2)14(3,4)21-15(20-13)11-7-5-6-10(8-11)9-12-16-18-19-17-12/h5-8H,9H2,1-4H3,(H,16,17,18,19). The van der Waals surface area contributed by atoms with Gasteiger partial charge in [-0.15, -0.1) is 10.2 Å². The molecule has 21 heavy (non-hydrogen) atoms. The molecule has 1 aliphatic rings. The molecule has 7 heteroatoms. The summed E-state index contributed by atoms with van der Waals surface area (Å²) >= 11 is 0. The molecule has 2 aromatic rings. The second-order valence-corrected chi connectivity index (χ2v) is 6.34. The Morgan fingerprint density at radius 3 is 2.48 bits per heavy atom. The lowest BCUT2D eigenvalue weighted by atomic mass is 9.78. The highest BCUT2D eigenvalue weighted by molar-refractivity contribution is 6.62. The molecule has 0 amide bonds. The molecule has 0 atom stereocenters. The van der Waals surface area contributed by atoms with Crippen LogP contribution in [0, 0.1) is 0 Å². The lowest BCUT2D eigenvalue weighted by molar-refractivity contribution is 0.00578. The molecular formula is C14H19BN4O2. The number of aromatic nitrogens is 4. The fraction of sp³-hybridized carbons (Fsp3) is 0.500. The average molecular weight is 286 g/mol. The van der Waals surface area contributed by atoms with Crippen molar-refractivity contribution in [3.63, 3.8) is 0 Å². The number of aromatic amines is 1. The molecule has 2 heterocycles. The monoisotopic (exact) mass is 286 g/mol. The summed E-state index contributed by atoms with van der Waals surface area (Å²) in [6.07, 6.45) is 0.629. The first kappa shape index (κ1) is 14.2. The van der Waals surface area contributed by atoms with Gasteiger partial charge in [-0.25, -0.2) is 0 Å². The van der Waals surface area contributed by atoms with Crippen LogP contribution >= 0.6 is 0 Å². The summed E-state index contributed by atoms with van der Waals surface area (Å²) in [6, 6.07) is 8.11. The van der Waals surface area contributed by atoms with Crippen molar-refractivity contribution in [1.82, 2.24) is 20.6 Å². The smallest absolute Gasteiger partial charge is 0.399 e. The Balaban J connectivity index is 1.81. The molecular weight excluding hydrogens is 267 g/mol. The predicted molar refractivity (Wildman–Crippen MR) is 79.1 cm³/mol. The average Bonchev–Trinajstić information content (AvgIpc) is 2.97. The van der Waals surface area contributed by atoms with Crippen molar-refractivity contribution in [1.29, 1.82) is 0 Å². The third kappa shape index (κ3) is 2.71. The molecule has 0 aliphatic carbocycles. The van der Waals surface area contributed by atoms with Gasteiger partial charge in [-0.3, -0.25) is 0 Å². The summed E-state index contributed by atoms with van der Waals surface area (Å²) in [4.78, 5) is 0. The van der Waals surface area contributed by atoms with Gasteiger partial charge in [-0.2, -0.15) is 5.21 Å². The molecule has 0 unspecified atom stereocenters. The topological polar surface area (TPSA) is 72.9 Å². The maximum atomic E-state index is 6.07. The van der Waals surface area contributed by atoms with Gasteiger partial charge in [0.1, 0.15) is 0 Å². The summed E-state index contributed by atoms with van der Waals surface area (Å²) in [6.45, 7) is 8.21. The molecule has 1 aliphatic heterocycles. The molecule has 6 nitrogen and oxygen atoms in total. The Kier molecular flexibility index (Phi) is 3.34. The van der Waals surface area contributed by atoms with Gasteiger partial charge in [0.05, 0.1) is 11.2 Å². The van der Waals surface area contributed by atoms with Crippen LogP contribution in [0.2, 0.25) is 0 Å². The third-order valence-corrected chi connectivity index (χ3v) is 4.23. The van der Waals surface area contributed by atoms with E-state index in [0.717, 1.165) is 11.0 Å². The second-order valence-electron chi connectivity index (χ2n) is 6.34. The Labute approximate surface area is 124 Å². The van der Waals surface area contributed by atoms with E-state index >= 15 is 0 Å². The highest BCUT2D eigenvalue weighted by atomic mass is 16.7. The first-order chi connectivity index (χ1) is 9.87. The van der Waals surface area contributed by atoms with Crippen LogP contribution in [0.25, 0.3) is 0 Å². The molecule has 0 spiro atoms. The minimum atomic E-state index is -0.347.